The summed E-state index contributed by atoms with van der Waals surface area (Å²) in [4.78, 5) is 7.14. The van der Waals surface area contributed by atoms with Crippen molar-refractivity contribution >= 4 is 17.6 Å². The van der Waals surface area contributed by atoms with Gasteiger partial charge in [-0.25, -0.2) is 0 Å². The van der Waals surface area contributed by atoms with Crippen LogP contribution < -0.4 is 14.4 Å². The minimum Gasteiger partial charge on any atom is -0.493 e. The molecule has 0 saturated heterocycles. The summed E-state index contributed by atoms with van der Waals surface area (Å²) in [5, 5.41) is 0. The van der Waals surface area contributed by atoms with Gasteiger partial charge in [-0.1, -0.05) is 19.1 Å². The predicted molar refractivity (Wildman–Crippen MR) is 133 cm³/mol. The zero-order valence-corrected chi connectivity index (χ0v) is 19.8. The molecule has 0 unspecified atom stereocenters. The average molecular weight is 429 g/mol. The first-order chi connectivity index (χ1) is 15.3. The zero-order valence-electron chi connectivity index (χ0n) is 19.8. The van der Waals surface area contributed by atoms with Gasteiger partial charge in [-0.3, -0.25) is 4.99 Å². The molecule has 0 amide bonds. The summed E-state index contributed by atoms with van der Waals surface area (Å²) >= 11 is 0. The molecular weight excluding hydrogens is 396 g/mol. The lowest BCUT2D eigenvalue weighted by atomic mass is 9.79. The molecule has 0 aromatic heterocycles. The van der Waals surface area contributed by atoms with E-state index in [2.05, 4.69) is 51.8 Å². The first kappa shape index (κ1) is 21.9. The van der Waals surface area contributed by atoms with Crippen molar-refractivity contribution in [2.75, 3.05) is 19.1 Å². The van der Waals surface area contributed by atoms with Crippen molar-refractivity contribution in [2.24, 2.45) is 4.99 Å². The summed E-state index contributed by atoms with van der Waals surface area (Å²) in [6.07, 6.45) is 3.11. The Morgan fingerprint density at radius 1 is 1.03 bits per heavy atom. The SMILES string of the molecule is COc1ccccc1Oc1ccc(N=Cc2cc3c(cc2C)N(C)C(C)(C)C[C@H]3C)cc1. The number of aryl methyl sites for hydroxylation is 1. The van der Waals surface area contributed by atoms with Crippen LogP contribution in [0.25, 0.3) is 0 Å². The minimum atomic E-state index is 0.169. The lowest BCUT2D eigenvalue weighted by molar-refractivity contribution is 0.379. The molecule has 0 fully saturated rings. The Kier molecular flexibility index (Phi) is 5.96. The molecule has 166 valence electrons. The Balaban J connectivity index is 1.53. The summed E-state index contributed by atoms with van der Waals surface area (Å²) in [5.74, 6) is 2.67. The molecule has 1 aliphatic heterocycles. The number of fused-ring (bicyclic) bond motifs is 1. The summed E-state index contributed by atoms with van der Waals surface area (Å²) < 4.78 is 11.3. The van der Waals surface area contributed by atoms with Crippen molar-refractivity contribution in [1.82, 2.24) is 0 Å². The number of ether oxygens (including phenoxy) is 2. The van der Waals surface area contributed by atoms with Crippen LogP contribution >= 0.6 is 0 Å². The van der Waals surface area contributed by atoms with Crippen molar-refractivity contribution in [1.29, 1.82) is 0 Å². The van der Waals surface area contributed by atoms with E-state index in [4.69, 9.17) is 14.5 Å². The van der Waals surface area contributed by atoms with Crippen LogP contribution in [0.2, 0.25) is 0 Å². The molecule has 1 aliphatic rings. The maximum absolute atomic E-state index is 5.96. The monoisotopic (exact) mass is 428 g/mol. The number of nitrogens with zero attached hydrogens (tertiary/aromatic N) is 2. The summed E-state index contributed by atoms with van der Waals surface area (Å²) in [7, 11) is 3.84. The Labute approximate surface area is 191 Å². The molecule has 0 aliphatic carbocycles. The zero-order chi connectivity index (χ0) is 22.9. The Morgan fingerprint density at radius 2 is 1.72 bits per heavy atom. The van der Waals surface area contributed by atoms with E-state index in [9.17, 15) is 0 Å². The lowest BCUT2D eigenvalue weighted by Gasteiger charge is -2.45. The quantitative estimate of drug-likeness (QED) is 0.401. The van der Waals surface area contributed by atoms with E-state index in [1.54, 1.807) is 7.11 Å². The van der Waals surface area contributed by atoms with Gasteiger partial charge in [0.1, 0.15) is 5.75 Å². The topological polar surface area (TPSA) is 34.1 Å². The van der Waals surface area contributed by atoms with E-state index >= 15 is 0 Å². The van der Waals surface area contributed by atoms with Crippen LogP contribution in [0.3, 0.4) is 0 Å². The molecular formula is C28H32N2O2. The van der Waals surface area contributed by atoms with Crippen molar-refractivity contribution in [2.45, 2.75) is 45.6 Å². The molecule has 0 radical (unpaired) electrons. The van der Waals surface area contributed by atoms with Crippen LogP contribution in [0.15, 0.2) is 65.7 Å². The van der Waals surface area contributed by atoms with Gasteiger partial charge in [0, 0.05) is 24.5 Å². The lowest BCUT2D eigenvalue weighted by Crippen LogP contribution is -2.45. The fourth-order valence-corrected chi connectivity index (χ4v) is 4.45. The molecule has 4 nitrogen and oxygen atoms in total. The summed E-state index contributed by atoms with van der Waals surface area (Å²) in [6, 6.07) is 20.0. The third kappa shape index (κ3) is 4.36. The van der Waals surface area contributed by atoms with Crippen LogP contribution in [0.4, 0.5) is 11.4 Å². The average Bonchev–Trinajstić information content (AvgIpc) is 2.77. The van der Waals surface area contributed by atoms with Gasteiger partial charge >= 0.3 is 0 Å². The first-order valence-electron chi connectivity index (χ1n) is 11.1. The molecule has 3 aromatic carbocycles. The Hall–Kier alpha value is -3.27. The number of methoxy groups -OCH3 is 1. The molecule has 0 saturated carbocycles. The second kappa shape index (κ2) is 8.70. The highest BCUT2D eigenvalue weighted by Gasteiger charge is 2.34. The van der Waals surface area contributed by atoms with Gasteiger partial charge in [0.2, 0.25) is 0 Å². The largest absolute Gasteiger partial charge is 0.493 e. The summed E-state index contributed by atoms with van der Waals surface area (Å²) in [5.41, 5.74) is 6.20. The van der Waals surface area contributed by atoms with Gasteiger partial charge in [-0.05, 0) is 98.3 Å². The molecule has 0 bridgehead atoms. The van der Waals surface area contributed by atoms with E-state index < -0.39 is 0 Å². The minimum absolute atomic E-state index is 0.169. The Bertz CT molecular complexity index is 1130. The standard InChI is InChI=1S/C28H32N2O2/c1-19-15-25-24(20(2)17-28(3,4)30(25)5)16-21(19)18-29-22-11-13-23(14-12-22)32-27-10-8-7-9-26(27)31-6/h7-16,18,20H,17H2,1-6H3/t20-/m1/s1. The second-order valence-corrected chi connectivity index (χ2v) is 9.25. The number of para-hydroxylation sites is 2. The van der Waals surface area contributed by atoms with Crippen LogP contribution in [-0.4, -0.2) is 25.9 Å². The highest BCUT2D eigenvalue weighted by Crippen LogP contribution is 2.43. The van der Waals surface area contributed by atoms with Crippen molar-refractivity contribution in [3.05, 3.63) is 77.4 Å². The van der Waals surface area contributed by atoms with Crippen molar-refractivity contribution < 1.29 is 9.47 Å². The fraction of sp³-hybridized carbons (Fsp3) is 0.321. The highest BCUT2D eigenvalue weighted by molar-refractivity contribution is 5.86. The van der Waals surface area contributed by atoms with Crippen LogP contribution in [-0.2, 0) is 0 Å². The van der Waals surface area contributed by atoms with Gasteiger partial charge in [0.25, 0.3) is 0 Å². The molecule has 4 heteroatoms. The van der Waals surface area contributed by atoms with Gasteiger partial charge in [-0.2, -0.15) is 0 Å². The Morgan fingerprint density at radius 3 is 2.41 bits per heavy atom. The van der Waals surface area contributed by atoms with E-state index in [1.807, 2.05) is 54.7 Å². The van der Waals surface area contributed by atoms with Gasteiger partial charge in [-0.15, -0.1) is 0 Å². The van der Waals surface area contributed by atoms with Crippen LogP contribution in [0.5, 0.6) is 17.2 Å². The first-order valence-corrected chi connectivity index (χ1v) is 11.1. The third-order valence-electron chi connectivity index (χ3n) is 6.51. The van der Waals surface area contributed by atoms with Gasteiger partial charge < -0.3 is 14.4 Å². The normalized spacial score (nSPS) is 17.3. The maximum Gasteiger partial charge on any atom is 0.169 e. The fourth-order valence-electron chi connectivity index (χ4n) is 4.45. The number of rotatable bonds is 5. The molecule has 0 N–H and O–H groups in total. The molecule has 1 atom stereocenters. The highest BCUT2D eigenvalue weighted by atomic mass is 16.5. The summed E-state index contributed by atoms with van der Waals surface area (Å²) in [6.45, 7) is 9.12. The van der Waals surface area contributed by atoms with E-state index in [0.29, 0.717) is 17.4 Å². The number of benzene rings is 3. The number of anilines is 1. The van der Waals surface area contributed by atoms with E-state index in [-0.39, 0.29) is 5.54 Å². The number of hydrogen-bond donors (Lipinski definition) is 0. The maximum atomic E-state index is 5.96. The number of hydrogen-bond acceptors (Lipinski definition) is 4. The molecule has 0 spiro atoms. The molecule has 1 heterocycles. The van der Waals surface area contributed by atoms with Crippen molar-refractivity contribution in [3.63, 3.8) is 0 Å². The van der Waals surface area contributed by atoms with Crippen LogP contribution in [0, 0.1) is 6.92 Å². The molecule has 4 rings (SSSR count). The van der Waals surface area contributed by atoms with Gasteiger partial charge in [0.05, 0.1) is 12.8 Å². The van der Waals surface area contributed by atoms with E-state index in [0.717, 1.165) is 23.4 Å². The van der Waals surface area contributed by atoms with Gasteiger partial charge in [0.15, 0.2) is 11.5 Å². The number of aliphatic imine (C=N–C) groups is 1. The van der Waals surface area contributed by atoms with E-state index in [1.165, 1.54) is 16.8 Å². The smallest absolute Gasteiger partial charge is 0.169 e. The second-order valence-electron chi connectivity index (χ2n) is 9.25. The third-order valence-corrected chi connectivity index (χ3v) is 6.51. The van der Waals surface area contributed by atoms with Crippen molar-refractivity contribution in [3.8, 4) is 17.2 Å². The van der Waals surface area contributed by atoms with Crippen LogP contribution in [0.1, 0.15) is 49.8 Å². The molecule has 3 aromatic rings. The predicted octanol–water partition coefficient (Wildman–Crippen LogP) is 7.27. The molecule has 32 heavy (non-hydrogen) atoms.